The van der Waals surface area contributed by atoms with E-state index in [1.54, 1.807) is 50.6 Å². The largest absolute Gasteiger partial charge is 0.489 e. The van der Waals surface area contributed by atoms with E-state index in [1.165, 1.54) is 4.90 Å². The first-order chi connectivity index (χ1) is 11.5. The molecule has 1 amide bonds. The standard InChI is InChI=1S/C18H20N2O4/c1-13(18(22)23)11-20(2)17(21)15-3-5-16(6-4-15)24-12-14-7-9-19-10-8-14/h3-10,13H,11-12H2,1-2H3,(H,22,23). The summed E-state index contributed by atoms with van der Waals surface area (Å²) in [7, 11) is 1.59. The summed E-state index contributed by atoms with van der Waals surface area (Å²) in [5.41, 5.74) is 1.50. The average Bonchev–Trinajstić information content (AvgIpc) is 2.60. The fourth-order valence-electron chi connectivity index (χ4n) is 2.13. The lowest BCUT2D eigenvalue weighted by Crippen LogP contribution is -2.33. The number of hydrogen-bond donors (Lipinski definition) is 1. The summed E-state index contributed by atoms with van der Waals surface area (Å²) in [6, 6.07) is 10.5. The van der Waals surface area contributed by atoms with Gasteiger partial charge < -0.3 is 14.7 Å². The summed E-state index contributed by atoms with van der Waals surface area (Å²) < 4.78 is 5.65. The zero-order valence-corrected chi connectivity index (χ0v) is 13.7. The quantitative estimate of drug-likeness (QED) is 0.844. The summed E-state index contributed by atoms with van der Waals surface area (Å²) in [4.78, 5) is 28.5. The molecule has 1 aromatic heterocycles. The van der Waals surface area contributed by atoms with E-state index in [-0.39, 0.29) is 12.5 Å². The number of pyridine rings is 1. The molecule has 126 valence electrons. The van der Waals surface area contributed by atoms with Crippen LogP contribution in [-0.2, 0) is 11.4 Å². The van der Waals surface area contributed by atoms with Gasteiger partial charge in [-0.2, -0.15) is 0 Å². The highest BCUT2D eigenvalue weighted by atomic mass is 16.5. The highest BCUT2D eigenvalue weighted by Crippen LogP contribution is 2.15. The third-order valence-electron chi connectivity index (χ3n) is 3.57. The molecular formula is C18H20N2O4. The number of benzene rings is 1. The molecule has 1 N–H and O–H groups in total. The number of ether oxygens (including phenoxy) is 1. The van der Waals surface area contributed by atoms with E-state index in [0.717, 1.165) is 5.56 Å². The number of aromatic nitrogens is 1. The van der Waals surface area contributed by atoms with Crippen molar-refractivity contribution in [1.29, 1.82) is 0 Å². The average molecular weight is 328 g/mol. The minimum atomic E-state index is -0.922. The fourth-order valence-corrected chi connectivity index (χ4v) is 2.13. The molecule has 24 heavy (non-hydrogen) atoms. The summed E-state index contributed by atoms with van der Waals surface area (Å²) in [5, 5.41) is 8.91. The molecule has 0 spiro atoms. The Bertz CT molecular complexity index is 686. The molecule has 1 aromatic carbocycles. The zero-order valence-electron chi connectivity index (χ0n) is 13.7. The number of nitrogens with zero attached hydrogens (tertiary/aromatic N) is 2. The minimum Gasteiger partial charge on any atom is -0.489 e. The number of carbonyl (C=O) groups excluding carboxylic acids is 1. The van der Waals surface area contributed by atoms with Crippen molar-refractivity contribution in [3.63, 3.8) is 0 Å². The van der Waals surface area contributed by atoms with Gasteiger partial charge in [-0.15, -0.1) is 0 Å². The van der Waals surface area contributed by atoms with Crippen LogP contribution in [-0.4, -0.2) is 40.5 Å². The Morgan fingerprint density at radius 2 is 1.79 bits per heavy atom. The van der Waals surface area contributed by atoms with Gasteiger partial charge in [0, 0.05) is 31.5 Å². The van der Waals surface area contributed by atoms with Crippen LogP contribution in [0.4, 0.5) is 0 Å². The second-order valence-electron chi connectivity index (χ2n) is 5.59. The molecule has 1 atom stereocenters. The van der Waals surface area contributed by atoms with E-state index < -0.39 is 11.9 Å². The Morgan fingerprint density at radius 1 is 1.17 bits per heavy atom. The number of carbonyl (C=O) groups is 2. The van der Waals surface area contributed by atoms with Crippen LogP contribution >= 0.6 is 0 Å². The van der Waals surface area contributed by atoms with Crippen LogP contribution in [0.2, 0.25) is 0 Å². The van der Waals surface area contributed by atoms with Gasteiger partial charge >= 0.3 is 5.97 Å². The molecule has 6 heteroatoms. The maximum absolute atomic E-state index is 12.3. The highest BCUT2D eigenvalue weighted by Gasteiger charge is 2.18. The Kier molecular flexibility index (Phi) is 5.89. The van der Waals surface area contributed by atoms with E-state index in [2.05, 4.69) is 4.98 Å². The zero-order chi connectivity index (χ0) is 17.5. The maximum atomic E-state index is 12.3. The van der Waals surface area contributed by atoms with Gasteiger partial charge in [0.1, 0.15) is 12.4 Å². The highest BCUT2D eigenvalue weighted by molar-refractivity contribution is 5.94. The van der Waals surface area contributed by atoms with E-state index in [0.29, 0.717) is 17.9 Å². The van der Waals surface area contributed by atoms with Crippen molar-refractivity contribution in [2.24, 2.45) is 5.92 Å². The monoisotopic (exact) mass is 328 g/mol. The van der Waals surface area contributed by atoms with Gasteiger partial charge in [0.25, 0.3) is 5.91 Å². The van der Waals surface area contributed by atoms with Gasteiger partial charge in [-0.25, -0.2) is 0 Å². The second kappa shape index (κ2) is 8.10. The molecule has 0 radical (unpaired) electrons. The molecule has 0 saturated heterocycles. The predicted molar refractivity (Wildman–Crippen MR) is 88.8 cm³/mol. The molecule has 1 heterocycles. The lowest BCUT2D eigenvalue weighted by molar-refractivity contribution is -0.141. The summed E-state index contributed by atoms with van der Waals surface area (Å²) in [6.45, 7) is 2.16. The molecule has 0 bridgehead atoms. The lowest BCUT2D eigenvalue weighted by Gasteiger charge is -2.19. The first-order valence-electron chi connectivity index (χ1n) is 7.57. The van der Waals surface area contributed by atoms with Crippen molar-refractivity contribution >= 4 is 11.9 Å². The molecule has 2 aromatic rings. The van der Waals surface area contributed by atoms with Crippen molar-refractivity contribution in [2.45, 2.75) is 13.5 Å². The number of carboxylic acids is 1. The van der Waals surface area contributed by atoms with Crippen LogP contribution in [0.5, 0.6) is 5.75 Å². The topological polar surface area (TPSA) is 79.7 Å². The first-order valence-corrected chi connectivity index (χ1v) is 7.57. The molecule has 2 rings (SSSR count). The number of rotatable bonds is 7. The number of hydrogen-bond acceptors (Lipinski definition) is 4. The van der Waals surface area contributed by atoms with Crippen molar-refractivity contribution < 1.29 is 19.4 Å². The SMILES string of the molecule is CC(CN(C)C(=O)c1ccc(OCc2ccncc2)cc1)C(=O)O. The van der Waals surface area contributed by atoms with Gasteiger partial charge in [-0.05, 0) is 42.0 Å². The first kappa shape index (κ1) is 17.5. The smallest absolute Gasteiger partial charge is 0.308 e. The summed E-state index contributed by atoms with van der Waals surface area (Å²) in [6.07, 6.45) is 3.41. The Balaban J connectivity index is 1.93. The fraction of sp³-hybridized carbons (Fsp3) is 0.278. The number of carboxylic acid groups (broad SMARTS) is 1. The molecule has 0 aliphatic heterocycles. The number of amides is 1. The van der Waals surface area contributed by atoms with E-state index >= 15 is 0 Å². The van der Waals surface area contributed by atoms with Gasteiger partial charge in [0.2, 0.25) is 0 Å². The van der Waals surface area contributed by atoms with E-state index in [9.17, 15) is 9.59 Å². The van der Waals surface area contributed by atoms with Crippen molar-refractivity contribution in [3.05, 3.63) is 59.9 Å². The summed E-state index contributed by atoms with van der Waals surface area (Å²) >= 11 is 0. The third kappa shape index (κ3) is 4.81. The van der Waals surface area contributed by atoms with Crippen LogP contribution in [0, 0.1) is 5.92 Å². The predicted octanol–water partition coefficient (Wildman–Crippen LogP) is 2.45. The van der Waals surface area contributed by atoms with Crippen LogP contribution in [0.3, 0.4) is 0 Å². The van der Waals surface area contributed by atoms with Crippen LogP contribution in [0.25, 0.3) is 0 Å². The van der Waals surface area contributed by atoms with Crippen molar-refractivity contribution in [3.8, 4) is 5.75 Å². The summed E-state index contributed by atoms with van der Waals surface area (Å²) in [5.74, 6) is -1.09. The Morgan fingerprint density at radius 3 is 2.38 bits per heavy atom. The minimum absolute atomic E-state index is 0.161. The van der Waals surface area contributed by atoms with Crippen LogP contribution < -0.4 is 4.74 Å². The van der Waals surface area contributed by atoms with E-state index in [1.807, 2.05) is 12.1 Å². The van der Waals surface area contributed by atoms with Crippen molar-refractivity contribution in [1.82, 2.24) is 9.88 Å². The van der Waals surface area contributed by atoms with Gasteiger partial charge in [0.15, 0.2) is 0 Å². The Hall–Kier alpha value is -2.89. The van der Waals surface area contributed by atoms with Gasteiger partial charge in [-0.3, -0.25) is 14.6 Å². The molecule has 0 saturated carbocycles. The number of aliphatic carboxylic acids is 1. The lowest BCUT2D eigenvalue weighted by atomic mass is 10.1. The maximum Gasteiger partial charge on any atom is 0.308 e. The molecule has 0 aliphatic rings. The third-order valence-corrected chi connectivity index (χ3v) is 3.57. The van der Waals surface area contributed by atoms with Crippen molar-refractivity contribution in [2.75, 3.05) is 13.6 Å². The Labute approximate surface area is 140 Å². The molecule has 0 fully saturated rings. The normalized spacial score (nSPS) is 11.6. The van der Waals surface area contributed by atoms with Gasteiger partial charge in [-0.1, -0.05) is 6.92 Å². The second-order valence-corrected chi connectivity index (χ2v) is 5.59. The van der Waals surface area contributed by atoms with Crippen LogP contribution in [0.15, 0.2) is 48.8 Å². The molecule has 6 nitrogen and oxygen atoms in total. The van der Waals surface area contributed by atoms with E-state index in [4.69, 9.17) is 9.84 Å². The molecular weight excluding hydrogens is 308 g/mol. The van der Waals surface area contributed by atoms with Gasteiger partial charge in [0.05, 0.1) is 5.92 Å². The molecule has 1 unspecified atom stereocenters. The van der Waals surface area contributed by atoms with Crippen LogP contribution in [0.1, 0.15) is 22.8 Å². The molecule has 0 aliphatic carbocycles.